The van der Waals surface area contributed by atoms with Crippen LogP contribution < -0.4 is 10.5 Å². The Bertz CT molecular complexity index is 1130. The van der Waals surface area contributed by atoms with Crippen molar-refractivity contribution < 1.29 is 23.9 Å². The highest BCUT2D eigenvalue weighted by molar-refractivity contribution is 6.70. The number of Topliss-reactive ketones (excluding diaryl/α,β-unsaturated/α-hetero) is 2. The average molecular weight is 426 g/mol. The molecule has 0 fully saturated rings. The maximum atomic E-state index is 13.6. The number of phenolic OH excluding ortho intramolecular Hbond substituents is 1. The Balaban J connectivity index is 1.91. The van der Waals surface area contributed by atoms with E-state index in [2.05, 4.69) is 19.6 Å². The highest BCUT2D eigenvalue weighted by atomic mass is 28.4. The molecule has 3 N–H and O–H groups in total. The number of ether oxygens (including phenoxy) is 1. The molecule has 4 rings (SSSR count). The second-order valence-corrected chi connectivity index (χ2v) is 13.6. The molecule has 30 heavy (non-hydrogen) atoms. The number of allylic oxidation sites excluding steroid dienone is 2. The van der Waals surface area contributed by atoms with Gasteiger partial charge in [-0.1, -0.05) is 12.1 Å². The third-order valence-electron chi connectivity index (χ3n) is 6.02. The van der Waals surface area contributed by atoms with E-state index < -0.39 is 20.2 Å². The minimum absolute atomic E-state index is 0.0434. The Morgan fingerprint density at radius 3 is 2.33 bits per heavy atom. The maximum absolute atomic E-state index is 13.6. The lowest BCUT2D eigenvalue weighted by Crippen LogP contribution is -2.41. The lowest BCUT2D eigenvalue weighted by atomic mass is 9.66. The average Bonchev–Trinajstić information content (AvgIpc) is 2.68. The van der Waals surface area contributed by atoms with Crippen molar-refractivity contribution in [3.8, 4) is 11.5 Å². The summed E-state index contributed by atoms with van der Waals surface area (Å²) in [4.78, 5) is 27.0. The number of aromatic hydroxyl groups is 1. The first kappa shape index (κ1) is 20.5. The predicted octanol–water partition coefficient (Wildman–Crippen LogP) is 4.67. The molecule has 0 amide bonds. The molecule has 0 heterocycles. The van der Waals surface area contributed by atoms with Crippen molar-refractivity contribution in [1.29, 1.82) is 0 Å². The van der Waals surface area contributed by atoms with Gasteiger partial charge in [0.15, 0.2) is 11.6 Å². The number of ketones is 2. The second-order valence-electron chi connectivity index (χ2n) is 9.16. The molecule has 2 aromatic carbocycles. The van der Waals surface area contributed by atoms with Gasteiger partial charge in [-0.2, -0.15) is 0 Å². The van der Waals surface area contributed by atoms with E-state index in [9.17, 15) is 14.7 Å². The molecule has 0 spiro atoms. The Labute approximate surface area is 176 Å². The van der Waals surface area contributed by atoms with E-state index >= 15 is 0 Å². The molecular formula is C23H27NO5Si. The molecular weight excluding hydrogens is 398 g/mol. The van der Waals surface area contributed by atoms with Gasteiger partial charge in [0, 0.05) is 23.6 Å². The third-order valence-corrected chi connectivity index (χ3v) is 6.87. The summed E-state index contributed by atoms with van der Waals surface area (Å²) in [5, 5.41) is 11.8. The fourth-order valence-electron chi connectivity index (χ4n) is 4.71. The smallest absolute Gasteiger partial charge is 0.241 e. The second kappa shape index (κ2) is 6.87. The standard InChI is InChI=1S/C23H27NO5Si/c1-11-9-13-14(10-16(11)29-30(3,4)5)22(26)18-19(23(13)27)21(25)12-7-6-8-15(28-2)17(12)20(18)24/h6-8,13-14,25H,9-10,24H2,1-5H3/t13-,14+/m1/s1. The molecule has 0 unspecified atom stereocenters. The highest BCUT2D eigenvalue weighted by Gasteiger charge is 2.47. The molecule has 7 heteroatoms. The van der Waals surface area contributed by atoms with Gasteiger partial charge in [-0.3, -0.25) is 9.59 Å². The number of carbonyl (C=O) groups is 2. The van der Waals surface area contributed by atoms with Crippen molar-refractivity contribution in [1.82, 2.24) is 0 Å². The van der Waals surface area contributed by atoms with Crippen LogP contribution in [0.15, 0.2) is 29.5 Å². The molecule has 0 aromatic heterocycles. The van der Waals surface area contributed by atoms with E-state index in [4.69, 9.17) is 14.9 Å². The number of carbonyl (C=O) groups excluding carboxylic acids is 2. The van der Waals surface area contributed by atoms with E-state index in [1.165, 1.54) is 7.11 Å². The largest absolute Gasteiger partial charge is 0.547 e. The van der Waals surface area contributed by atoms with Crippen molar-refractivity contribution >= 4 is 36.3 Å². The predicted molar refractivity (Wildman–Crippen MR) is 119 cm³/mol. The molecule has 0 saturated carbocycles. The number of anilines is 1. The van der Waals surface area contributed by atoms with Gasteiger partial charge in [-0.15, -0.1) is 0 Å². The van der Waals surface area contributed by atoms with Crippen molar-refractivity contribution in [3.05, 3.63) is 40.7 Å². The molecule has 158 valence electrons. The molecule has 0 bridgehead atoms. The van der Waals surface area contributed by atoms with Crippen LogP contribution in [0.25, 0.3) is 10.8 Å². The third kappa shape index (κ3) is 2.99. The van der Waals surface area contributed by atoms with Gasteiger partial charge in [0.05, 0.1) is 35.1 Å². The lowest BCUT2D eigenvalue weighted by molar-refractivity contribution is 0.0703. The van der Waals surface area contributed by atoms with Crippen LogP contribution in [0, 0.1) is 11.8 Å². The van der Waals surface area contributed by atoms with Gasteiger partial charge < -0.3 is 20.0 Å². The zero-order chi connectivity index (χ0) is 22.0. The number of benzene rings is 2. The van der Waals surface area contributed by atoms with Crippen LogP contribution in [0.2, 0.25) is 19.6 Å². The first-order valence-electron chi connectivity index (χ1n) is 10.1. The van der Waals surface area contributed by atoms with E-state index in [0.29, 0.717) is 29.4 Å². The van der Waals surface area contributed by atoms with Crippen LogP contribution in [-0.2, 0) is 4.43 Å². The monoisotopic (exact) mass is 425 g/mol. The Morgan fingerprint density at radius 1 is 1.07 bits per heavy atom. The molecule has 2 aliphatic rings. The van der Waals surface area contributed by atoms with Crippen LogP contribution in [0.5, 0.6) is 11.5 Å². The number of nitrogens with two attached hydrogens (primary N) is 1. The summed E-state index contributed by atoms with van der Waals surface area (Å²) in [5.74, 6) is -0.403. The molecule has 2 aromatic rings. The van der Waals surface area contributed by atoms with E-state index in [-0.39, 0.29) is 34.1 Å². The Hall–Kier alpha value is -2.80. The van der Waals surface area contributed by atoms with E-state index in [0.717, 1.165) is 11.3 Å². The van der Waals surface area contributed by atoms with Crippen molar-refractivity contribution in [2.75, 3.05) is 12.8 Å². The molecule has 2 aliphatic carbocycles. The van der Waals surface area contributed by atoms with Gasteiger partial charge in [0.2, 0.25) is 8.32 Å². The summed E-state index contributed by atoms with van der Waals surface area (Å²) in [7, 11) is -0.355. The van der Waals surface area contributed by atoms with Gasteiger partial charge in [0.25, 0.3) is 0 Å². The summed E-state index contributed by atoms with van der Waals surface area (Å²) in [6, 6.07) is 5.12. The summed E-state index contributed by atoms with van der Waals surface area (Å²) in [6.07, 6.45) is 0.832. The van der Waals surface area contributed by atoms with Gasteiger partial charge >= 0.3 is 0 Å². The molecule has 6 nitrogen and oxygen atoms in total. The first-order chi connectivity index (χ1) is 14.0. The summed E-state index contributed by atoms with van der Waals surface area (Å²) >= 11 is 0. The number of hydrogen-bond acceptors (Lipinski definition) is 6. The first-order valence-corrected chi connectivity index (χ1v) is 13.5. The topological polar surface area (TPSA) is 98.9 Å². The highest BCUT2D eigenvalue weighted by Crippen LogP contribution is 2.50. The molecule has 2 atom stereocenters. The summed E-state index contributed by atoms with van der Waals surface area (Å²) < 4.78 is 11.6. The zero-order valence-electron chi connectivity index (χ0n) is 18.0. The molecule has 0 saturated heterocycles. The van der Waals surface area contributed by atoms with Gasteiger partial charge in [-0.05, 0) is 44.6 Å². The zero-order valence-corrected chi connectivity index (χ0v) is 19.0. The van der Waals surface area contributed by atoms with Crippen LogP contribution >= 0.6 is 0 Å². The van der Waals surface area contributed by atoms with Crippen LogP contribution in [0.4, 0.5) is 5.69 Å². The number of phenols is 1. The SMILES string of the molecule is COc1cccc2c(O)c3c(c(N)c12)C(=O)[C@H]1CC(O[Si](C)(C)C)=C(C)C[C@H]1C3=O. The van der Waals surface area contributed by atoms with Crippen molar-refractivity contribution in [2.24, 2.45) is 11.8 Å². The van der Waals surface area contributed by atoms with Crippen molar-refractivity contribution in [2.45, 2.75) is 39.4 Å². The number of methoxy groups -OCH3 is 1. The van der Waals surface area contributed by atoms with E-state index in [1.807, 2.05) is 6.92 Å². The fraction of sp³-hybridized carbons (Fsp3) is 0.391. The number of fused-ring (bicyclic) bond motifs is 3. The normalized spacial score (nSPS) is 21.5. The van der Waals surface area contributed by atoms with Crippen LogP contribution in [0.1, 0.15) is 40.5 Å². The minimum atomic E-state index is -1.86. The minimum Gasteiger partial charge on any atom is -0.547 e. The quantitative estimate of drug-likeness (QED) is 0.421. The van der Waals surface area contributed by atoms with Crippen molar-refractivity contribution in [3.63, 3.8) is 0 Å². The van der Waals surface area contributed by atoms with Crippen LogP contribution in [0.3, 0.4) is 0 Å². The Morgan fingerprint density at radius 2 is 1.70 bits per heavy atom. The Kier molecular flexibility index (Phi) is 4.69. The number of nitrogen functional groups attached to an aromatic ring is 1. The summed E-state index contributed by atoms with van der Waals surface area (Å²) in [5.41, 5.74) is 7.76. The van der Waals surface area contributed by atoms with Crippen LogP contribution in [-0.4, -0.2) is 32.1 Å². The van der Waals surface area contributed by atoms with Gasteiger partial charge in [0.1, 0.15) is 11.5 Å². The van der Waals surface area contributed by atoms with E-state index in [1.54, 1.807) is 18.2 Å². The molecule has 0 aliphatic heterocycles. The molecule has 0 radical (unpaired) electrons. The maximum Gasteiger partial charge on any atom is 0.241 e. The number of rotatable bonds is 3. The fourth-order valence-corrected chi connectivity index (χ4v) is 5.70. The lowest BCUT2D eigenvalue weighted by Gasteiger charge is -2.38. The number of hydrogen-bond donors (Lipinski definition) is 2. The van der Waals surface area contributed by atoms with Gasteiger partial charge in [-0.25, -0.2) is 0 Å². The summed E-state index contributed by atoms with van der Waals surface area (Å²) in [6.45, 7) is 8.24.